The molecule has 0 aromatic heterocycles. The standard InChI is InChI=1S/C24H27F2NO5/c1-29-22-12-16(7-10-21(22)32-24(25)26)14-27(18-8-9-18)23(28)17-4-2-5-19(13-17)31-15-20-6-3-11-30-20/h2,4-5,7,10,12-13,18,20,24H,3,6,8-9,11,14-15H2,1H3. The number of methoxy groups -OCH3 is 1. The molecule has 1 aliphatic heterocycles. The number of ether oxygens (including phenoxy) is 4. The largest absolute Gasteiger partial charge is 0.493 e. The van der Waals surface area contributed by atoms with E-state index in [1.165, 1.54) is 13.2 Å². The van der Waals surface area contributed by atoms with Crippen molar-refractivity contribution in [2.24, 2.45) is 0 Å². The Hall–Kier alpha value is -2.87. The van der Waals surface area contributed by atoms with Crippen LogP contribution in [0.1, 0.15) is 41.6 Å². The third-order valence-corrected chi connectivity index (χ3v) is 5.59. The topological polar surface area (TPSA) is 57.2 Å². The number of carbonyl (C=O) groups excluding carboxylic acids is 1. The first-order valence-corrected chi connectivity index (χ1v) is 10.8. The van der Waals surface area contributed by atoms with E-state index in [1.807, 2.05) is 17.0 Å². The van der Waals surface area contributed by atoms with Crippen molar-refractivity contribution in [2.75, 3.05) is 20.3 Å². The first kappa shape index (κ1) is 22.3. The van der Waals surface area contributed by atoms with E-state index in [9.17, 15) is 13.6 Å². The van der Waals surface area contributed by atoms with Crippen molar-refractivity contribution in [1.29, 1.82) is 0 Å². The second-order valence-electron chi connectivity index (χ2n) is 8.00. The Bertz CT molecular complexity index is 928. The zero-order valence-corrected chi connectivity index (χ0v) is 18.0. The molecule has 0 N–H and O–H groups in total. The van der Waals surface area contributed by atoms with Crippen LogP contribution in [0.15, 0.2) is 42.5 Å². The van der Waals surface area contributed by atoms with E-state index in [4.69, 9.17) is 14.2 Å². The molecular formula is C24H27F2NO5. The van der Waals surface area contributed by atoms with Crippen molar-refractivity contribution in [1.82, 2.24) is 4.90 Å². The van der Waals surface area contributed by atoms with Crippen LogP contribution in [0, 0.1) is 0 Å². The maximum absolute atomic E-state index is 13.3. The first-order chi connectivity index (χ1) is 15.5. The van der Waals surface area contributed by atoms with Gasteiger partial charge >= 0.3 is 6.61 Å². The molecule has 32 heavy (non-hydrogen) atoms. The van der Waals surface area contributed by atoms with Gasteiger partial charge in [-0.25, -0.2) is 0 Å². The zero-order chi connectivity index (χ0) is 22.5. The minimum atomic E-state index is -2.94. The molecule has 6 nitrogen and oxygen atoms in total. The molecule has 2 aliphatic rings. The monoisotopic (exact) mass is 447 g/mol. The summed E-state index contributed by atoms with van der Waals surface area (Å²) < 4.78 is 46.3. The van der Waals surface area contributed by atoms with E-state index in [0.717, 1.165) is 37.9 Å². The number of rotatable bonds is 10. The number of benzene rings is 2. The van der Waals surface area contributed by atoms with Crippen LogP contribution in [0.3, 0.4) is 0 Å². The molecule has 1 aliphatic carbocycles. The van der Waals surface area contributed by atoms with Gasteiger partial charge in [0.15, 0.2) is 11.5 Å². The van der Waals surface area contributed by atoms with Crippen LogP contribution in [-0.2, 0) is 11.3 Å². The number of nitrogens with zero attached hydrogens (tertiary/aromatic N) is 1. The summed E-state index contributed by atoms with van der Waals surface area (Å²) in [5, 5.41) is 0. The smallest absolute Gasteiger partial charge is 0.387 e. The molecule has 172 valence electrons. The number of carbonyl (C=O) groups is 1. The van der Waals surface area contributed by atoms with Crippen molar-refractivity contribution in [3.63, 3.8) is 0 Å². The van der Waals surface area contributed by atoms with E-state index in [0.29, 0.717) is 24.5 Å². The molecule has 1 amide bonds. The lowest BCUT2D eigenvalue weighted by Gasteiger charge is -2.23. The molecule has 8 heteroatoms. The minimum Gasteiger partial charge on any atom is -0.493 e. The Morgan fingerprint density at radius 2 is 2.00 bits per heavy atom. The summed E-state index contributed by atoms with van der Waals surface area (Å²) in [5.41, 5.74) is 1.32. The predicted octanol–water partition coefficient (Wildman–Crippen LogP) is 4.66. The molecule has 1 saturated heterocycles. The number of halogens is 2. The Morgan fingerprint density at radius 1 is 1.16 bits per heavy atom. The molecule has 4 rings (SSSR count). The van der Waals surface area contributed by atoms with Gasteiger partial charge in [-0.2, -0.15) is 8.78 Å². The highest BCUT2D eigenvalue weighted by Crippen LogP contribution is 2.33. The lowest BCUT2D eigenvalue weighted by Crippen LogP contribution is -2.32. The van der Waals surface area contributed by atoms with Crippen molar-refractivity contribution in [3.05, 3.63) is 53.6 Å². The number of hydrogen-bond donors (Lipinski definition) is 0. The van der Waals surface area contributed by atoms with Crippen LogP contribution < -0.4 is 14.2 Å². The lowest BCUT2D eigenvalue weighted by molar-refractivity contribution is -0.0512. The third kappa shape index (κ3) is 5.68. The van der Waals surface area contributed by atoms with Gasteiger partial charge in [0, 0.05) is 24.8 Å². The van der Waals surface area contributed by atoms with Gasteiger partial charge in [-0.05, 0) is 61.6 Å². The van der Waals surface area contributed by atoms with Crippen LogP contribution in [0.25, 0.3) is 0 Å². The quantitative estimate of drug-likeness (QED) is 0.530. The van der Waals surface area contributed by atoms with Crippen molar-refractivity contribution in [3.8, 4) is 17.2 Å². The number of hydrogen-bond acceptors (Lipinski definition) is 5. The van der Waals surface area contributed by atoms with Gasteiger partial charge in [-0.3, -0.25) is 4.79 Å². The van der Waals surface area contributed by atoms with E-state index in [1.54, 1.807) is 24.3 Å². The minimum absolute atomic E-state index is 0.0355. The van der Waals surface area contributed by atoms with Crippen molar-refractivity contribution in [2.45, 2.75) is 51.0 Å². The van der Waals surface area contributed by atoms with E-state index < -0.39 is 6.61 Å². The molecule has 2 aromatic rings. The highest BCUT2D eigenvalue weighted by Gasteiger charge is 2.33. The fourth-order valence-corrected chi connectivity index (χ4v) is 3.80. The summed E-state index contributed by atoms with van der Waals surface area (Å²) in [6, 6.07) is 12.1. The summed E-state index contributed by atoms with van der Waals surface area (Å²) in [5.74, 6) is 0.710. The average molecular weight is 447 g/mol. The Balaban J connectivity index is 1.46. The zero-order valence-electron chi connectivity index (χ0n) is 18.0. The van der Waals surface area contributed by atoms with E-state index >= 15 is 0 Å². The molecule has 0 radical (unpaired) electrons. The maximum atomic E-state index is 13.3. The van der Waals surface area contributed by atoms with Gasteiger partial charge in [0.25, 0.3) is 5.91 Å². The molecule has 0 spiro atoms. The number of amides is 1. The van der Waals surface area contributed by atoms with Crippen molar-refractivity contribution < 1.29 is 32.5 Å². The molecule has 1 atom stereocenters. The Kier molecular flexibility index (Phi) is 7.09. The van der Waals surface area contributed by atoms with Gasteiger partial charge in [0.05, 0.1) is 13.2 Å². The number of alkyl halides is 2. The predicted molar refractivity (Wildman–Crippen MR) is 113 cm³/mol. The summed E-state index contributed by atoms with van der Waals surface area (Å²) in [6.45, 7) is -1.36. The van der Waals surface area contributed by atoms with E-state index in [-0.39, 0.29) is 29.6 Å². The van der Waals surface area contributed by atoms with Gasteiger partial charge in [-0.1, -0.05) is 12.1 Å². The van der Waals surface area contributed by atoms with Crippen LogP contribution in [0.5, 0.6) is 17.2 Å². The van der Waals surface area contributed by atoms with Gasteiger partial charge in [0.1, 0.15) is 12.4 Å². The molecule has 1 saturated carbocycles. The van der Waals surface area contributed by atoms with Gasteiger partial charge in [0.2, 0.25) is 0 Å². The summed E-state index contributed by atoms with van der Waals surface area (Å²) in [6.07, 6.45) is 4.00. The van der Waals surface area contributed by atoms with Gasteiger partial charge in [-0.15, -0.1) is 0 Å². The van der Waals surface area contributed by atoms with Crippen LogP contribution in [-0.4, -0.2) is 49.9 Å². The summed E-state index contributed by atoms with van der Waals surface area (Å²) in [4.78, 5) is 15.1. The summed E-state index contributed by atoms with van der Waals surface area (Å²) in [7, 11) is 1.39. The normalized spacial score (nSPS) is 17.9. The fourth-order valence-electron chi connectivity index (χ4n) is 3.80. The van der Waals surface area contributed by atoms with Gasteiger partial charge < -0.3 is 23.8 Å². The van der Waals surface area contributed by atoms with Crippen LogP contribution >= 0.6 is 0 Å². The molecule has 2 fully saturated rings. The maximum Gasteiger partial charge on any atom is 0.387 e. The molecule has 2 aromatic carbocycles. The first-order valence-electron chi connectivity index (χ1n) is 10.8. The lowest BCUT2D eigenvalue weighted by atomic mass is 10.1. The molecule has 0 bridgehead atoms. The average Bonchev–Trinajstić information content (AvgIpc) is 3.50. The molecule has 1 heterocycles. The van der Waals surface area contributed by atoms with Crippen molar-refractivity contribution >= 4 is 5.91 Å². The third-order valence-electron chi connectivity index (χ3n) is 5.59. The van der Waals surface area contributed by atoms with Crippen LogP contribution in [0.2, 0.25) is 0 Å². The van der Waals surface area contributed by atoms with Crippen LogP contribution in [0.4, 0.5) is 8.78 Å². The molecule has 1 unspecified atom stereocenters. The summed E-state index contributed by atoms with van der Waals surface area (Å²) >= 11 is 0. The SMILES string of the molecule is COc1cc(CN(C(=O)c2cccc(OCC3CCCO3)c2)C2CC2)ccc1OC(F)F. The van der Waals surface area contributed by atoms with E-state index in [2.05, 4.69) is 4.74 Å². The highest BCUT2D eigenvalue weighted by molar-refractivity contribution is 5.95. The Morgan fingerprint density at radius 3 is 2.69 bits per heavy atom. The highest BCUT2D eigenvalue weighted by atomic mass is 19.3. The fraction of sp³-hybridized carbons (Fsp3) is 0.458. The Labute approximate surface area is 186 Å². The molecular weight excluding hydrogens is 420 g/mol. The second kappa shape index (κ2) is 10.2. The second-order valence-corrected chi connectivity index (χ2v) is 8.00.